The summed E-state index contributed by atoms with van der Waals surface area (Å²) in [4.78, 5) is 4.48. The molecule has 0 aliphatic carbocycles. The first-order valence-corrected chi connectivity index (χ1v) is 6.28. The maximum Gasteiger partial charge on any atom is 0.157 e. The monoisotopic (exact) mass is 250 g/mol. The van der Waals surface area contributed by atoms with Gasteiger partial charge in [-0.1, -0.05) is 11.6 Å². The van der Waals surface area contributed by atoms with Crippen molar-refractivity contribution in [3.05, 3.63) is 29.3 Å². The van der Waals surface area contributed by atoms with Crippen molar-refractivity contribution < 1.29 is 0 Å². The molecule has 0 saturated carbocycles. The van der Waals surface area contributed by atoms with Gasteiger partial charge in [0.1, 0.15) is 11.3 Å². The lowest BCUT2D eigenvalue weighted by atomic mass is 9.99. The van der Waals surface area contributed by atoms with Crippen molar-refractivity contribution in [2.45, 2.75) is 18.8 Å². The molecule has 90 valence electrons. The van der Waals surface area contributed by atoms with Crippen LogP contribution in [0.4, 0.5) is 5.69 Å². The zero-order valence-corrected chi connectivity index (χ0v) is 10.2. The van der Waals surface area contributed by atoms with Crippen molar-refractivity contribution in [3.8, 4) is 0 Å². The predicted octanol–water partition coefficient (Wildman–Crippen LogP) is 2.04. The number of anilines is 1. The third-order valence-electron chi connectivity index (χ3n) is 3.34. The van der Waals surface area contributed by atoms with E-state index < -0.39 is 0 Å². The maximum atomic E-state index is 6.17. The molecule has 1 unspecified atom stereocenters. The number of nitrogen functional groups attached to an aromatic ring is 1. The van der Waals surface area contributed by atoms with Crippen molar-refractivity contribution in [2.75, 3.05) is 18.8 Å². The Hall–Kier alpha value is -1.26. The fraction of sp³-hybridized carbons (Fsp3) is 0.417. The van der Waals surface area contributed by atoms with Crippen LogP contribution in [0.3, 0.4) is 0 Å². The fourth-order valence-electron chi connectivity index (χ4n) is 2.50. The molecule has 1 fully saturated rings. The Balaban J connectivity index is 2.13. The summed E-state index contributed by atoms with van der Waals surface area (Å²) < 4.78 is 2.02. The molecule has 1 saturated heterocycles. The van der Waals surface area contributed by atoms with Gasteiger partial charge < -0.3 is 15.5 Å². The number of imidazole rings is 1. The van der Waals surface area contributed by atoms with Crippen LogP contribution in [-0.4, -0.2) is 22.5 Å². The molecule has 1 atom stereocenters. The predicted molar refractivity (Wildman–Crippen MR) is 69.5 cm³/mol. The molecule has 5 heteroatoms. The summed E-state index contributed by atoms with van der Waals surface area (Å²) in [6.07, 6.45) is 4.31. The van der Waals surface area contributed by atoms with Gasteiger partial charge in [-0.2, -0.15) is 0 Å². The number of hydrogen-bond acceptors (Lipinski definition) is 3. The van der Waals surface area contributed by atoms with Crippen LogP contribution in [0.25, 0.3) is 5.52 Å². The summed E-state index contributed by atoms with van der Waals surface area (Å²) in [5, 5.41) is 3.90. The van der Waals surface area contributed by atoms with Gasteiger partial charge in [0.25, 0.3) is 0 Å². The molecule has 3 N–H and O–H groups in total. The quantitative estimate of drug-likeness (QED) is 0.814. The second-order valence-electron chi connectivity index (χ2n) is 4.49. The van der Waals surface area contributed by atoms with E-state index in [1.54, 1.807) is 0 Å². The summed E-state index contributed by atoms with van der Waals surface area (Å²) in [5.74, 6) is 1.44. The number of halogens is 1. The second-order valence-corrected chi connectivity index (χ2v) is 4.84. The summed E-state index contributed by atoms with van der Waals surface area (Å²) in [6.45, 7) is 2.06. The van der Waals surface area contributed by atoms with Gasteiger partial charge in [0.15, 0.2) is 5.15 Å². The average Bonchev–Trinajstić information content (AvgIpc) is 2.69. The number of aromatic nitrogens is 2. The van der Waals surface area contributed by atoms with E-state index in [4.69, 9.17) is 17.3 Å². The number of pyridine rings is 1. The first-order chi connectivity index (χ1) is 8.27. The fourth-order valence-corrected chi connectivity index (χ4v) is 2.79. The standard InChI is InChI=1S/C12H15ClN4/c13-11-10-9(14)4-2-6-17(10)12(16-11)8-3-1-5-15-7-8/h2,4,6,8,15H,1,3,5,7,14H2. The van der Waals surface area contributed by atoms with E-state index in [1.165, 1.54) is 6.42 Å². The van der Waals surface area contributed by atoms with E-state index in [-0.39, 0.29) is 0 Å². The lowest BCUT2D eigenvalue weighted by Gasteiger charge is -2.21. The maximum absolute atomic E-state index is 6.17. The van der Waals surface area contributed by atoms with E-state index in [0.29, 0.717) is 16.8 Å². The minimum atomic E-state index is 0.422. The van der Waals surface area contributed by atoms with E-state index in [9.17, 15) is 0 Å². The first kappa shape index (κ1) is 10.9. The van der Waals surface area contributed by atoms with Crippen LogP contribution < -0.4 is 11.1 Å². The van der Waals surface area contributed by atoms with E-state index in [1.807, 2.05) is 22.7 Å². The molecular weight excluding hydrogens is 236 g/mol. The topological polar surface area (TPSA) is 55.4 Å². The van der Waals surface area contributed by atoms with Crippen molar-refractivity contribution in [1.82, 2.24) is 14.7 Å². The molecule has 0 bridgehead atoms. The third kappa shape index (κ3) is 1.77. The number of nitrogens with zero attached hydrogens (tertiary/aromatic N) is 2. The molecule has 0 spiro atoms. The molecular formula is C12H15ClN4. The van der Waals surface area contributed by atoms with Gasteiger partial charge in [0.05, 0.1) is 5.69 Å². The van der Waals surface area contributed by atoms with Crippen LogP contribution in [-0.2, 0) is 0 Å². The van der Waals surface area contributed by atoms with Gasteiger partial charge in [-0.05, 0) is 31.5 Å². The number of rotatable bonds is 1. The highest BCUT2D eigenvalue weighted by Crippen LogP contribution is 2.29. The SMILES string of the molecule is Nc1cccn2c(C3CCCNC3)nc(Cl)c12. The molecule has 1 aliphatic rings. The van der Waals surface area contributed by atoms with E-state index >= 15 is 0 Å². The highest BCUT2D eigenvalue weighted by Gasteiger charge is 2.22. The van der Waals surface area contributed by atoms with E-state index in [2.05, 4.69) is 10.3 Å². The van der Waals surface area contributed by atoms with Crippen LogP contribution in [0.15, 0.2) is 18.3 Å². The summed E-state index contributed by atoms with van der Waals surface area (Å²) in [6, 6.07) is 3.78. The van der Waals surface area contributed by atoms with Crippen LogP contribution in [0.5, 0.6) is 0 Å². The molecule has 17 heavy (non-hydrogen) atoms. The molecule has 0 radical (unpaired) electrons. The Morgan fingerprint density at radius 2 is 2.41 bits per heavy atom. The van der Waals surface area contributed by atoms with Gasteiger partial charge in [-0.15, -0.1) is 0 Å². The lowest BCUT2D eigenvalue weighted by molar-refractivity contribution is 0.445. The summed E-state index contributed by atoms with van der Waals surface area (Å²) in [5.41, 5.74) is 7.45. The zero-order valence-electron chi connectivity index (χ0n) is 9.49. The minimum absolute atomic E-state index is 0.422. The minimum Gasteiger partial charge on any atom is -0.397 e. The Morgan fingerprint density at radius 1 is 1.53 bits per heavy atom. The highest BCUT2D eigenvalue weighted by atomic mass is 35.5. The first-order valence-electron chi connectivity index (χ1n) is 5.90. The normalized spacial score (nSPS) is 20.9. The number of nitrogens with one attached hydrogen (secondary N) is 1. The molecule has 2 aromatic heterocycles. The van der Waals surface area contributed by atoms with Crippen LogP contribution >= 0.6 is 11.6 Å². The van der Waals surface area contributed by atoms with Crippen molar-refractivity contribution in [3.63, 3.8) is 0 Å². The van der Waals surface area contributed by atoms with Crippen LogP contribution in [0.2, 0.25) is 5.15 Å². The molecule has 2 aromatic rings. The summed E-state index contributed by atoms with van der Waals surface area (Å²) >= 11 is 6.17. The van der Waals surface area contributed by atoms with E-state index in [0.717, 1.165) is 30.9 Å². The van der Waals surface area contributed by atoms with Crippen molar-refractivity contribution >= 4 is 22.8 Å². The van der Waals surface area contributed by atoms with Gasteiger partial charge in [-0.25, -0.2) is 4.98 Å². The van der Waals surface area contributed by atoms with Crippen LogP contribution in [0, 0.1) is 0 Å². The molecule has 1 aliphatic heterocycles. The molecule has 0 aromatic carbocycles. The summed E-state index contributed by atoms with van der Waals surface area (Å²) in [7, 11) is 0. The van der Waals surface area contributed by atoms with Gasteiger partial charge >= 0.3 is 0 Å². The smallest absolute Gasteiger partial charge is 0.157 e. The van der Waals surface area contributed by atoms with Gasteiger partial charge in [-0.3, -0.25) is 0 Å². The number of fused-ring (bicyclic) bond motifs is 1. The number of hydrogen-bond donors (Lipinski definition) is 2. The molecule has 3 rings (SSSR count). The number of nitrogens with two attached hydrogens (primary N) is 1. The Bertz CT molecular complexity index is 543. The van der Waals surface area contributed by atoms with Gasteiger partial charge in [0.2, 0.25) is 0 Å². The molecule has 3 heterocycles. The molecule has 0 amide bonds. The van der Waals surface area contributed by atoms with Crippen molar-refractivity contribution in [1.29, 1.82) is 0 Å². The Labute approximate surface area is 105 Å². The number of piperidine rings is 1. The third-order valence-corrected chi connectivity index (χ3v) is 3.61. The Kier molecular flexibility index (Phi) is 2.68. The lowest BCUT2D eigenvalue weighted by Crippen LogP contribution is -2.29. The highest BCUT2D eigenvalue weighted by molar-refractivity contribution is 6.33. The molecule has 4 nitrogen and oxygen atoms in total. The Morgan fingerprint density at radius 3 is 3.18 bits per heavy atom. The largest absolute Gasteiger partial charge is 0.397 e. The second kappa shape index (κ2) is 4.20. The van der Waals surface area contributed by atoms with Crippen molar-refractivity contribution in [2.24, 2.45) is 0 Å². The zero-order chi connectivity index (χ0) is 11.8. The average molecular weight is 251 g/mol. The van der Waals surface area contributed by atoms with Crippen LogP contribution in [0.1, 0.15) is 24.6 Å². The van der Waals surface area contributed by atoms with Gasteiger partial charge in [0, 0.05) is 18.7 Å².